The summed E-state index contributed by atoms with van der Waals surface area (Å²) in [6, 6.07) is 5.65. The second-order valence-electron chi connectivity index (χ2n) is 8.80. The van der Waals surface area contributed by atoms with Gasteiger partial charge in [-0.1, -0.05) is 6.07 Å². The predicted molar refractivity (Wildman–Crippen MR) is 116 cm³/mol. The van der Waals surface area contributed by atoms with E-state index in [0.29, 0.717) is 31.7 Å². The van der Waals surface area contributed by atoms with E-state index in [9.17, 15) is 9.18 Å². The van der Waals surface area contributed by atoms with E-state index in [1.54, 1.807) is 24.5 Å². The molecule has 7 heteroatoms. The minimum atomic E-state index is -0.498. The fraction of sp³-hybridized carbons (Fsp3) is 0.565. The van der Waals surface area contributed by atoms with E-state index in [1.165, 1.54) is 6.07 Å². The molecule has 4 atom stereocenters. The van der Waals surface area contributed by atoms with Crippen molar-refractivity contribution in [3.05, 3.63) is 51.7 Å². The Labute approximate surface area is 181 Å². The number of aromatic nitrogens is 1. The van der Waals surface area contributed by atoms with Gasteiger partial charge in [0.15, 0.2) is 0 Å². The van der Waals surface area contributed by atoms with E-state index in [1.807, 2.05) is 17.0 Å². The molecule has 0 radical (unpaired) electrons. The molecule has 0 bridgehead atoms. The quantitative estimate of drug-likeness (QED) is 0.723. The number of thiazole rings is 1. The first kappa shape index (κ1) is 21.4. The maximum Gasteiger partial charge on any atom is 0.224 e. The zero-order valence-electron chi connectivity index (χ0n) is 17.9. The second-order valence-corrected chi connectivity index (χ2v) is 9.52. The predicted octanol–water partition coefficient (Wildman–Crippen LogP) is 3.88. The monoisotopic (exact) mass is 431 g/mol. The summed E-state index contributed by atoms with van der Waals surface area (Å²) in [7, 11) is 1.69. The van der Waals surface area contributed by atoms with Crippen LogP contribution in [0.5, 0.6) is 0 Å². The van der Waals surface area contributed by atoms with Crippen LogP contribution in [0.25, 0.3) is 0 Å². The van der Waals surface area contributed by atoms with Gasteiger partial charge in [0.1, 0.15) is 5.82 Å². The highest BCUT2D eigenvalue weighted by Gasteiger charge is 2.42. The number of nitrogens with one attached hydrogen (secondary N) is 1. The molecule has 0 saturated carbocycles. The van der Waals surface area contributed by atoms with Crippen LogP contribution in [0, 0.1) is 11.7 Å². The van der Waals surface area contributed by atoms with Crippen molar-refractivity contribution in [3.63, 3.8) is 0 Å². The SMILES string of the molecule is CNC(=O)C(Cc1cscn1)CN1C(C)CCC1CC1(C)OCc2ccc(F)cc21. The number of carbonyl (C=O) groups is 1. The molecule has 1 saturated heterocycles. The Kier molecular flexibility index (Phi) is 6.23. The number of hydrogen-bond acceptors (Lipinski definition) is 5. The van der Waals surface area contributed by atoms with Crippen molar-refractivity contribution in [1.82, 2.24) is 15.2 Å². The van der Waals surface area contributed by atoms with Crippen LogP contribution in [0.2, 0.25) is 0 Å². The Morgan fingerprint density at radius 2 is 2.30 bits per heavy atom. The smallest absolute Gasteiger partial charge is 0.224 e. The average Bonchev–Trinajstić information content (AvgIpc) is 3.44. The van der Waals surface area contributed by atoms with Crippen molar-refractivity contribution in [1.29, 1.82) is 0 Å². The van der Waals surface area contributed by atoms with Gasteiger partial charge >= 0.3 is 0 Å². The first-order valence-corrected chi connectivity index (χ1v) is 11.6. The number of fused-ring (bicyclic) bond motifs is 1. The maximum atomic E-state index is 13.9. The van der Waals surface area contributed by atoms with Crippen LogP contribution in [-0.2, 0) is 28.2 Å². The third-order valence-electron chi connectivity index (χ3n) is 6.75. The molecule has 1 fully saturated rings. The zero-order valence-corrected chi connectivity index (χ0v) is 18.7. The lowest BCUT2D eigenvalue weighted by Crippen LogP contribution is -2.45. The second kappa shape index (κ2) is 8.73. The molecule has 1 aromatic heterocycles. The summed E-state index contributed by atoms with van der Waals surface area (Å²) in [6.07, 6.45) is 3.59. The zero-order chi connectivity index (χ0) is 21.3. The van der Waals surface area contributed by atoms with E-state index in [4.69, 9.17) is 4.74 Å². The molecule has 0 aliphatic carbocycles. The van der Waals surface area contributed by atoms with Gasteiger partial charge in [0.25, 0.3) is 0 Å². The molecule has 4 unspecified atom stereocenters. The van der Waals surface area contributed by atoms with Crippen molar-refractivity contribution in [2.75, 3.05) is 13.6 Å². The fourth-order valence-electron chi connectivity index (χ4n) is 5.06. The Hall–Kier alpha value is -1.83. The molecule has 2 aliphatic rings. The van der Waals surface area contributed by atoms with Gasteiger partial charge < -0.3 is 10.1 Å². The first-order chi connectivity index (χ1) is 14.4. The summed E-state index contributed by atoms with van der Waals surface area (Å²) in [5.41, 5.74) is 4.32. The van der Waals surface area contributed by atoms with Crippen LogP contribution in [-0.4, -0.2) is 41.5 Å². The van der Waals surface area contributed by atoms with E-state index in [0.717, 1.165) is 36.1 Å². The number of rotatable bonds is 7. The third-order valence-corrected chi connectivity index (χ3v) is 7.39. The molecule has 1 aromatic carbocycles. The Morgan fingerprint density at radius 3 is 3.03 bits per heavy atom. The molecular weight excluding hydrogens is 401 g/mol. The molecule has 3 heterocycles. The Bertz CT molecular complexity index is 891. The number of benzene rings is 1. The Morgan fingerprint density at radius 1 is 1.47 bits per heavy atom. The van der Waals surface area contributed by atoms with Gasteiger partial charge in [0.05, 0.1) is 29.3 Å². The van der Waals surface area contributed by atoms with Crippen LogP contribution < -0.4 is 5.32 Å². The van der Waals surface area contributed by atoms with Crippen molar-refractivity contribution < 1.29 is 13.9 Å². The number of ether oxygens (including phenoxy) is 1. The molecule has 2 aliphatic heterocycles. The lowest BCUT2D eigenvalue weighted by Gasteiger charge is -2.36. The van der Waals surface area contributed by atoms with Crippen molar-refractivity contribution in [3.8, 4) is 0 Å². The highest BCUT2D eigenvalue weighted by molar-refractivity contribution is 7.07. The van der Waals surface area contributed by atoms with Gasteiger partial charge in [-0.05, 0) is 56.4 Å². The number of hydrogen-bond donors (Lipinski definition) is 1. The topological polar surface area (TPSA) is 54.5 Å². The third kappa shape index (κ3) is 4.29. The molecule has 2 aromatic rings. The summed E-state index contributed by atoms with van der Waals surface area (Å²) in [5.74, 6) is -0.316. The molecule has 0 spiro atoms. The van der Waals surface area contributed by atoms with Crippen LogP contribution in [0.3, 0.4) is 0 Å². The molecular formula is C23H30FN3O2S. The van der Waals surface area contributed by atoms with Crippen molar-refractivity contribution >= 4 is 17.2 Å². The highest BCUT2D eigenvalue weighted by Crippen LogP contribution is 2.43. The van der Waals surface area contributed by atoms with Gasteiger partial charge in [-0.2, -0.15) is 0 Å². The minimum Gasteiger partial charge on any atom is -0.366 e. The van der Waals surface area contributed by atoms with Crippen LogP contribution in [0.1, 0.15) is 49.9 Å². The fourth-order valence-corrected chi connectivity index (χ4v) is 5.63. The minimum absolute atomic E-state index is 0.0524. The van der Waals surface area contributed by atoms with Crippen LogP contribution in [0.15, 0.2) is 29.1 Å². The van der Waals surface area contributed by atoms with Crippen molar-refractivity contribution in [2.24, 2.45) is 5.92 Å². The lowest BCUT2D eigenvalue weighted by molar-refractivity contribution is -0.125. The standard InChI is InChI=1S/C23H30FN3O2S/c1-15-4-7-20(10-23(2)21-9-18(24)6-5-16(21)12-29-23)27(15)11-17(22(28)25-3)8-19-13-30-14-26-19/h5-6,9,13-15,17,20H,4,7-8,10-12H2,1-3H3,(H,25,28). The number of likely N-dealkylation sites (tertiary alicyclic amines) is 1. The normalized spacial score (nSPS) is 27.2. The van der Waals surface area contributed by atoms with Gasteiger partial charge in [0, 0.05) is 37.5 Å². The molecule has 1 amide bonds. The summed E-state index contributed by atoms with van der Waals surface area (Å²) in [4.78, 5) is 19.5. The number of carbonyl (C=O) groups excluding carboxylic acids is 1. The van der Waals surface area contributed by atoms with E-state index in [-0.39, 0.29) is 17.6 Å². The number of halogens is 1. The van der Waals surface area contributed by atoms with E-state index < -0.39 is 5.60 Å². The van der Waals surface area contributed by atoms with Gasteiger partial charge in [-0.3, -0.25) is 9.69 Å². The molecule has 4 rings (SSSR count). The van der Waals surface area contributed by atoms with Crippen LogP contribution in [0.4, 0.5) is 4.39 Å². The number of amides is 1. The summed E-state index contributed by atoms with van der Waals surface area (Å²) in [6.45, 7) is 5.52. The summed E-state index contributed by atoms with van der Waals surface area (Å²) >= 11 is 1.56. The van der Waals surface area contributed by atoms with E-state index >= 15 is 0 Å². The summed E-state index contributed by atoms with van der Waals surface area (Å²) in [5, 5.41) is 4.84. The van der Waals surface area contributed by atoms with Gasteiger partial charge in [-0.25, -0.2) is 9.37 Å². The van der Waals surface area contributed by atoms with Gasteiger partial charge in [0.2, 0.25) is 5.91 Å². The number of nitrogens with zero attached hydrogens (tertiary/aromatic N) is 2. The average molecular weight is 432 g/mol. The molecule has 5 nitrogen and oxygen atoms in total. The van der Waals surface area contributed by atoms with E-state index in [2.05, 4.69) is 29.0 Å². The molecule has 1 N–H and O–H groups in total. The Balaban J connectivity index is 1.51. The molecule has 30 heavy (non-hydrogen) atoms. The lowest BCUT2D eigenvalue weighted by atomic mass is 9.87. The maximum absolute atomic E-state index is 13.9. The van der Waals surface area contributed by atoms with Crippen LogP contribution >= 0.6 is 11.3 Å². The highest BCUT2D eigenvalue weighted by atomic mass is 32.1. The molecule has 162 valence electrons. The first-order valence-electron chi connectivity index (χ1n) is 10.7. The van der Waals surface area contributed by atoms with Gasteiger partial charge in [-0.15, -0.1) is 11.3 Å². The van der Waals surface area contributed by atoms with Crippen molar-refractivity contribution in [2.45, 2.75) is 63.8 Å². The largest absolute Gasteiger partial charge is 0.366 e. The summed E-state index contributed by atoms with van der Waals surface area (Å²) < 4.78 is 20.1.